The van der Waals surface area contributed by atoms with Crippen LogP contribution < -0.4 is 0 Å². The van der Waals surface area contributed by atoms with Crippen LogP contribution in [0.15, 0.2) is 30.3 Å². The summed E-state index contributed by atoms with van der Waals surface area (Å²) < 4.78 is 0. The summed E-state index contributed by atoms with van der Waals surface area (Å²) in [6.07, 6.45) is 1.14. The van der Waals surface area contributed by atoms with Crippen molar-refractivity contribution in [2.45, 2.75) is 34.1 Å². The van der Waals surface area contributed by atoms with E-state index in [4.69, 9.17) is 0 Å². The summed E-state index contributed by atoms with van der Waals surface area (Å²) in [7, 11) is 0. The summed E-state index contributed by atoms with van der Waals surface area (Å²) in [5.74, 6) is 0.833. The van der Waals surface area contributed by atoms with Crippen molar-refractivity contribution < 1.29 is 19.5 Å². The van der Waals surface area contributed by atoms with Crippen LogP contribution in [0.25, 0.3) is 0 Å². The van der Waals surface area contributed by atoms with Gasteiger partial charge in [0.05, 0.1) is 0 Å². The van der Waals surface area contributed by atoms with E-state index in [0.717, 1.165) is 12.3 Å². The van der Waals surface area contributed by atoms with Crippen LogP contribution in [0.5, 0.6) is 0 Å². The third kappa shape index (κ3) is 20.0. The molecule has 0 amide bonds. The van der Waals surface area contributed by atoms with Crippen molar-refractivity contribution >= 4 is 0 Å². The Kier molecular flexibility index (Phi) is 26.3. The first kappa shape index (κ1) is 24.2. The molecule has 0 fully saturated rings. The molecule has 0 saturated heterocycles. The molecular weight excluding hydrogens is 269 g/mol. The zero-order valence-corrected chi connectivity index (χ0v) is 12.8. The van der Waals surface area contributed by atoms with Crippen LogP contribution in [0.1, 0.15) is 33.3 Å². The van der Waals surface area contributed by atoms with E-state index in [9.17, 15) is 0 Å². The van der Waals surface area contributed by atoms with Crippen molar-refractivity contribution in [2.24, 2.45) is 5.92 Å². The molecule has 90 valence electrons. The number of benzene rings is 1. The van der Waals surface area contributed by atoms with Gasteiger partial charge in [-0.1, -0.05) is 58.0 Å². The molecule has 0 heterocycles. The zero-order valence-electron chi connectivity index (χ0n) is 11.0. The van der Waals surface area contributed by atoms with E-state index in [1.54, 1.807) is 0 Å². The van der Waals surface area contributed by atoms with E-state index in [1.165, 1.54) is 5.56 Å². The molecule has 1 aromatic carbocycles. The number of hydrogen-bond donors (Lipinski definition) is 0. The molecule has 0 aliphatic carbocycles. The Hall–Kier alpha value is -0.157. The molecule has 0 atom stereocenters. The summed E-state index contributed by atoms with van der Waals surface area (Å²) in [5, 5.41) is 0. The maximum Gasteiger partial charge on any atom is 2.00 e. The molecule has 0 aromatic heterocycles. The Bertz CT molecular complexity index is 177. The molecular formula is C14H26Ru. The SMILES string of the molecule is CC(C)C.CCc1ccccc1.[CH3-].[CH3-].[Ru+2]. The normalized spacial score (nSPS) is 7.27. The monoisotopic (exact) mass is 296 g/mol. The first-order valence-corrected chi connectivity index (χ1v) is 4.70. The van der Waals surface area contributed by atoms with Crippen molar-refractivity contribution in [2.75, 3.05) is 0 Å². The standard InChI is InChI=1S/C8H10.C4H10.2CH3.Ru/c1-2-8-6-4-3-5-7-8;1-4(2)3;;;/h3-7H,2H2,1H3;4H,1-3H3;2*1H3;/q;;2*-1;+2. The quantitative estimate of drug-likeness (QED) is 0.515. The second-order valence-electron chi connectivity index (χ2n) is 3.57. The summed E-state index contributed by atoms with van der Waals surface area (Å²) in [6, 6.07) is 10.5. The van der Waals surface area contributed by atoms with Gasteiger partial charge in [-0.15, -0.1) is 0 Å². The van der Waals surface area contributed by atoms with Crippen LogP contribution in [0.3, 0.4) is 0 Å². The second kappa shape index (κ2) is 16.3. The van der Waals surface area contributed by atoms with Crippen molar-refractivity contribution in [1.29, 1.82) is 0 Å². The number of aryl methyl sites for hydroxylation is 1. The number of rotatable bonds is 1. The molecule has 0 nitrogen and oxygen atoms in total. The molecule has 15 heavy (non-hydrogen) atoms. The molecule has 0 radical (unpaired) electrons. The van der Waals surface area contributed by atoms with E-state index in [-0.39, 0.29) is 34.3 Å². The van der Waals surface area contributed by atoms with Crippen LogP contribution in [-0.4, -0.2) is 0 Å². The van der Waals surface area contributed by atoms with E-state index in [1.807, 2.05) is 6.07 Å². The van der Waals surface area contributed by atoms with Crippen molar-refractivity contribution in [1.82, 2.24) is 0 Å². The van der Waals surface area contributed by atoms with Gasteiger partial charge in [0, 0.05) is 0 Å². The predicted octanol–water partition coefficient (Wildman–Crippen LogP) is 4.81. The molecule has 1 heteroatoms. The van der Waals surface area contributed by atoms with Gasteiger partial charge in [0.1, 0.15) is 0 Å². The van der Waals surface area contributed by atoms with Crippen LogP contribution in [0, 0.1) is 20.8 Å². The van der Waals surface area contributed by atoms with E-state index < -0.39 is 0 Å². The van der Waals surface area contributed by atoms with E-state index in [0.29, 0.717) is 0 Å². The Balaban J connectivity index is -0.0000000779. The van der Waals surface area contributed by atoms with Crippen molar-refractivity contribution in [3.8, 4) is 0 Å². The maximum absolute atomic E-state index is 2.17. The predicted molar refractivity (Wildman–Crippen MR) is 69.2 cm³/mol. The van der Waals surface area contributed by atoms with Gasteiger partial charge >= 0.3 is 19.5 Å². The Labute approximate surface area is 110 Å². The second-order valence-corrected chi connectivity index (χ2v) is 3.57. The number of hydrogen-bond acceptors (Lipinski definition) is 0. The Morgan fingerprint density at radius 3 is 1.47 bits per heavy atom. The maximum atomic E-state index is 2.17. The summed E-state index contributed by atoms with van der Waals surface area (Å²) in [5.41, 5.74) is 1.41. The minimum absolute atomic E-state index is 0. The van der Waals surface area contributed by atoms with Gasteiger partial charge in [-0.25, -0.2) is 0 Å². The topological polar surface area (TPSA) is 0 Å². The fraction of sp³-hybridized carbons (Fsp3) is 0.429. The van der Waals surface area contributed by atoms with Crippen LogP contribution in [0.4, 0.5) is 0 Å². The fourth-order valence-electron chi connectivity index (χ4n) is 0.714. The van der Waals surface area contributed by atoms with Gasteiger partial charge in [0.15, 0.2) is 0 Å². The fourth-order valence-corrected chi connectivity index (χ4v) is 0.714. The summed E-state index contributed by atoms with van der Waals surface area (Å²) in [4.78, 5) is 0. The smallest absolute Gasteiger partial charge is 0.358 e. The van der Waals surface area contributed by atoms with Gasteiger partial charge in [0.25, 0.3) is 0 Å². The van der Waals surface area contributed by atoms with Crippen molar-refractivity contribution in [3.63, 3.8) is 0 Å². The largest absolute Gasteiger partial charge is 2.00 e. The summed E-state index contributed by atoms with van der Waals surface area (Å²) >= 11 is 0. The molecule has 0 bridgehead atoms. The molecule has 1 rings (SSSR count). The Morgan fingerprint density at radius 1 is 0.933 bits per heavy atom. The van der Waals surface area contributed by atoms with Gasteiger partial charge in [-0.3, -0.25) is 0 Å². The molecule has 0 aliphatic heterocycles. The average Bonchev–Trinajstić information content (AvgIpc) is 2.05. The van der Waals surface area contributed by atoms with Crippen molar-refractivity contribution in [3.05, 3.63) is 50.7 Å². The third-order valence-electron chi connectivity index (χ3n) is 1.25. The molecule has 0 saturated carbocycles. The molecule has 1 aromatic rings. The van der Waals surface area contributed by atoms with Crippen LogP contribution in [0.2, 0.25) is 0 Å². The first-order chi connectivity index (χ1) is 5.66. The molecule has 0 spiro atoms. The van der Waals surface area contributed by atoms with Gasteiger partial charge < -0.3 is 14.9 Å². The zero-order chi connectivity index (χ0) is 9.40. The van der Waals surface area contributed by atoms with E-state index in [2.05, 4.69) is 52.0 Å². The molecule has 0 aliphatic rings. The van der Waals surface area contributed by atoms with Gasteiger partial charge in [-0.05, 0) is 17.9 Å². The van der Waals surface area contributed by atoms with Crippen LogP contribution in [-0.2, 0) is 25.9 Å². The minimum Gasteiger partial charge on any atom is -0.358 e. The van der Waals surface area contributed by atoms with Gasteiger partial charge in [0.2, 0.25) is 0 Å². The Morgan fingerprint density at radius 2 is 1.27 bits per heavy atom. The van der Waals surface area contributed by atoms with Crippen LogP contribution >= 0.6 is 0 Å². The molecule has 0 unspecified atom stereocenters. The molecule has 0 N–H and O–H groups in total. The first-order valence-electron chi connectivity index (χ1n) is 4.70. The average molecular weight is 295 g/mol. The minimum atomic E-state index is 0. The third-order valence-corrected chi connectivity index (χ3v) is 1.25. The summed E-state index contributed by atoms with van der Waals surface area (Å²) in [6.45, 7) is 8.66. The van der Waals surface area contributed by atoms with Gasteiger partial charge in [-0.2, -0.15) is 0 Å². The van der Waals surface area contributed by atoms with E-state index >= 15 is 0 Å².